The van der Waals surface area contributed by atoms with Crippen LogP contribution in [0.3, 0.4) is 0 Å². The molecule has 1 aromatic heterocycles. The quantitative estimate of drug-likeness (QED) is 0.482. The van der Waals surface area contributed by atoms with Crippen molar-refractivity contribution in [3.63, 3.8) is 0 Å². The zero-order valence-electron chi connectivity index (χ0n) is 20.6. The highest BCUT2D eigenvalue weighted by Gasteiger charge is 2.41. The Balaban J connectivity index is 1.54. The SMILES string of the molecule is COC(=O)NCCCc1cc([C@@H](C)N(C(=O)[C@H]2CN[C@@H](CF)CO2)C2CC2)nn1-c1ccc(F)cc1. The first-order valence-electron chi connectivity index (χ1n) is 12.3. The molecule has 2 N–H and O–H groups in total. The molecule has 196 valence electrons. The minimum Gasteiger partial charge on any atom is -0.453 e. The molecule has 2 heterocycles. The number of benzene rings is 1. The van der Waals surface area contributed by atoms with Gasteiger partial charge in [-0.3, -0.25) is 4.79 Å². The number of alkyl halides is 1. The van der Waals surface area contributed by atoms with Crippen LogP contribution in [0.4, 0.5) is 13.6 Å². The lowest BCUT2D eigenvalue weighted by Gasteiger charge is -2.35. The Morgan fingerprint density at radius 3 is 2.69 bits per heavy atom. The van der Waals surface area contributed by atoms with Crippen molar-refractivity contribution in [1.82, 2.24) is 25.3 Å². The molecule has 11 heteroatoms. The van der Waals surface area contributed by atoms with Gasteiger partial charge in [0.1, 0.15) is 18.6 Å². The standard InChI is InChI=1S/C25H33F2N5O4/c1-16(31(19-9-10-19)24(33)23-14-29-18(13-26)15-36-23)22-12-21(4-3-11-28-25(34)35-2)32(30-22)20-7-5-17(27)6-8-20/h5-8,12,16,18-19,23,29H,3-4,9-11,13-15H2,1-2H3,(H,28,34)/t16-,18+,23-/m1/s1. The fourth-order valence-electron chi connectivity index (χ4n) is 4.39. The van der Waals surface area contributed by atoms with Crippen LogP contribution in [0.1, 0.15) is 43.6 Å². The van der Waals surface area contributed by atoms with Crippen molar-refractivity contribution in [2.45, 2.75) is 56.8 Å². The van der Waals surface area contributed by atoms with Crippen molar-refractivity contribution < 1.29 is 27.8 Å². The Hall–Kier alpha value is -3.05. The summed E-state index contributed by atoms with van der Waals surface area (Å²) in [5.74, 6) is -0.472. The molecule has 1 saturated heterocycles. The molecule has 1 aromatic carbocycles. The number of methoxy groups -OCH3 is 1. The highest BCUT2D eigenvalue weighted by Crippen LogP contribution is 2.35. The summed E-state index contributed by atoms with van der Waals surface area (Å²) in [6.45, 7) is 2.25. The summed E-state index contributed by atoms with van der Waals surface area (Å²) in [4.78, 5) is 26.6. The van der Waals surface area contributed by atoms with Gasteiger partial charge in [0.05, 0.1) is 37.2 Å². The lowest BCUT2D eigenvalue weighted by atomic mass is 10.1. The van der Waals surface area contributed by atoms with Crippen LogP contribution in [-0.4, -0.2) is 78.3 Å². The Morgan fingerprint density at radius 2 is 2.08 bits per heavy atom. The molecule has 0 bridgehead atoms. The minimum absolute atomic E-state index is 0.110. The number of rotatable bonds is 10. The Bertz CT molecular complexity index is 1040. The lowest BCUT2D eigenvalue weighted by Crippen LogP contribution is -2.54. The first kappa shape index (κ1) is 26.0. The number of alkyl carbamates (subject to hydrolysis) is 1. The van der Waals surface area contributed by atoms with E-state index in [0.717, 1.165) is 18.5 Å². The molecule has 36 heavy (non-hydrogen) atoms. The molecule has 0 radical (unpaired) electrons. The maximum Gasteiger partial charge on any atom is 0.406 e. The second-order valence-corrected chi connectivity index (χ2v) is 9.20. The Morgan fingerprint density at radius 1 is 1.33 bits per heavy atom. The highest BCUT2D eigenvalue weighted by atomic mass is 19.1. The van der Waals surface area contributed by atoms with Gasteiger partial charge in [-0.1, -0.05) is 0 Å². The topological polar surface area (TPSA) is 97.7 Å². The van der Waals surface area contributed by atoms with E-state index in [9.17, 15) is 18.4 Å². The van der Waals surface area contributed by atoms with E-state index in [0.29, 0.717) is 30.8 Å². The summed E-state index contributed by atoms with van der Waals surface area (Å²) in [6, 6.07) is 7.41. The summed E-state index contributed by atoms with van der Waals surface area (Å²) >= 11 is 0. The van der Waals surface area contributed by atoms with Gasteiger partial charge < -0.3 is 25.0 Å². The van der Waals surface area contributed by atoms with Gasteiger partial charge in [-0.2, -0.15) is 5.10 Å². The van der Waals surface area contributed by atoms with Gasteiger partial charge in [-0.15, -0.1) is 0 Å². The number of nitrogens with one attached hydrogen (secondary N) is 2. The zero-order valence-corrected chi connectivity index (χ0v) is 20.6. The number of nitrogens with zero attached hydrogens (tertiary/aromatic N) is 3. The van der Waals surface area contributed by atoms with E-state index >= 15 is 0 Å². The van der Waals surface area contributed by atoms with Crippen molar-refractivity contribution in [2.75, 3.05) is 33.5 Å². The van der Waals surface area contributed by atoms with Crippen molar-refractivity contribution in [3.8, 4) is 5.69 Å². The maximum absolute atomic E-state index is 13.5. The zero-order chi connectivity index (χ0) is 25.7. The largest absolute Gasteiger partial charge is 0.453 e. The molecular weight excluding hydrogens is 472 g/mol. The van der Waals surface area contributed by atoms with E-state index in [1.54, 1.807) is 16.8 Å². The number of carbonyl (C=O) groups excluding carboxylic acids is 2. The van der Waals surface area contributed by atoms with Crippen LogP contribution >= 0.6 is 0 Å². The van der Waals surface area contributed by atoms with Gasteiger partial charge >= 0.3 is 6.09 Å². The van der Waals surface area contributed by atoms with Gasteiger partial charge in [-0.05, 0) is 62.9 Å². The summed E-state index contributed by atoms with van der Waals surface area (Å²) in [5.41, 5.74) is 2.28. The van der Waals surface area contributed by atoms with E-state index in [1.807, 2.05) is 17.9 Å². The molecule has 0 unspecified atom stereocenters. The fraction of sp³-hybridized carbons (Fsp3) is 0.560. The van der Waals surface area contributed by atoms with E-state index < -0.39 is 18.9 Å². The van der Waals surface area contributed by atoms with Crippen LogP contribution in [0.5, 0.6) is 0 Å². The van der Waals surface area contributed by atoms with Crippen LogP contribution in [0.25, 0.3) is 5.69 Å². The van der Waals surface area contributed by atoms with Gasteiger partial charge in [-0.25, -0.2) is 18.3 Å². The van der Waals surface area contributed by atoms with Gasteiger partial charge in [0.15, 0.2) is 0 Å². The van der Waals surface area contributed by atoms with Crippen molar-refractivity contribution in [1.29, 1.82) is 0 Å². The van der Waals surface area contributed by atoms with E-state index in [2.05, 4.69) is 15.4 Å². The molecule has 1 aliphatic heterocycles. The van der Waals surface area contributed by atoms with E-state index in [1.165, 1.54) is 19.2 Å². The predicted molar refractivity (Wildman–Crippen MR) is 128 cm³/mol. The molecule has 0 spiro atoms. The van der Waals surface area contributed by atoms with Crippen molar-refractivity contribution >= 4 is 12.0 Å². The number of carbonyl (C=O) groups is 2. The monoisotopic (exact) mass is 505 g/mol. The molecule has 2 aromatic rings. The van der Waals surface area contributed by atoms with E-state index in [4.69, 9.17) is 9.84 Å². The fourth-order valence-corrected chi connectivity index (χ4v) is 4.39. The third-order valence-electron chi connectivity index (χ3n) is 6.53. The molecule has 4 rings (SSSR count). The first-order valence-corrected chi connectivity index (χ1v) is 12.3. The van der Waals surface area contributed by atoms with Gasteiger partial charge in [0, 0.05) is 24.8 Å². The van der Waals surface area contributed by atoms with Gasteiger partial charge in [0.25, 0.3) is 5.91 Å². The molecule has 1 aliphatic carbocycles. The number of aromatic nitrogens is 2. The Kier molecular flexibility index (Phi) is 8.52. The minimum atomic E-state index is -0.668. The third kappa shape index (κ3) is 6.19. The number of hydrogen-bond donors (Lipinski definition) is 2. The normalized spacial score (nSPS) is 20.6. The van der Waals surface area contributed by atoms with Crippen LogP contribution in [0, 0.1) is 5.82 Å². The number of morpholine rings is 1. The molecule has 1 saturated carbocycles. The number of hydrogen-bond acceptors (Lipinski definition) is 6. The van der Waals surface area contributed by atoms with Crippen LogP contribution < -0.4 is 10.6 Å². The maximum atomic E-state index is 13.5. The molecular formula is C25H33F2N5O4. The number of halogens is 2. The van der Waals surface area contributed by atoms with Crippen molar-refractivity contribution in [3.05, 3.63) is 47.5 Å². The summed E-state index contributed by atoms with van der Waals surface area (Å²) in [5, 5.41) is 10.5. The smallest absolute Gasteiger partial charge is 0.406 e. The first-order chi connectivity index (χ1) is 17.4. The summed E-state index contributed by atoms with van der Waals surface area (Å²) in [7, 11) is 1.31. The second-order valence-electron chi connectivity index (χ2n) is 9.20. The molecule has 2 fully saturated rings. The predicted octanol–water partition coefficient (Wildman–Crippen LogP) is 2.68. The molecule has 2 amide bonds. The van der Waals surface area contributed by atoms with Crippen LogP contribution in [0.15, 0.2) is 30.3 Å². The number of ether oxygens (including phenoxy) is 2. The van der Waals surface area contributed by atoms with Crippen molar-refractivity contribution in [2.24, 2.45) is 0 Å². The second kappa shape index (κ2) is 11.8. The third-order valence-corrected chi connectivity index (χ3v) is 6.53. The molecule has 2 aliphatic rings. The Labute approximate surface area is 209 Å². The van der Waals surface area contributed by atoms with Crippen LogP contribution in [-0.2, 0) is 20.7 Å². The highest BCUT2D eigenvalue weighted by molar-refractivity contribution is 5.82. The summed E-state index contributed by atoms with van der Waals surface area (Å²) in [6.07, 6.45) is 1.89. The molecule has 3 atom stereocenters. The summed E-state index contributed by atoms with van der Waals surface area (Å²) < 4.78 is 38.5. The van der Waals surface area contributed by atoms with Crippen LogP contribution in [0.2, 0.25) is 0 Å². The van der Waals surface area contributed by atoms with Gasteiger partial charge in [0.2, 0.25) is 0 Å². The average molecular weight is 506 g/mol. The van der Waals surface area contributed by atoms with E-state index in [-0.39, 0.29) is 43.0 Å². The average Bonchev–Trinajstić information content (AvgIpc) is 3.64. The lowest BCUT2D eigenvalue weighted by molar-refractivity contribution is -0.149. The number of aryl methyl sites for hydroxylation is 1. The molecule has 9 nitrogen and oxygen atoms in total. The number of amides is 2.